The lowest BCUT2D eigenvalue weighted by molar-refractivity contribution is 0.134. The van der Waals surface area contributed by atoms with Crippen LogP contribution in [0, 0.1) is 0 Å². The summed E-state index contributed by atoms with van der Waals surface area (Å²) in [6.45, 7) is 0.941. The van der Waals surface area contributed by atoms with E-state index >= 15 is 0 Å². The average Bonchev–Trinajstić information content (AvgIpc) is 3.12. The van der Waals surface area contributed by atoms with Gasteiger partial charge in [-0.05, 0) is 37.8 Å². The van der Waals surface area contributed by atoms with Crippen molar-refractivity contribution < 1.29 is 4.42 Å². The van der Waals surface area contributed by atoms with E-state index < -0.39 is 0 Å². The summed E-state index contributed by atoms with van der Waals surface area (Å²) in [7, 11) is 0. The Morgan fingerprint density at radius 2 is 2.00 bits per heavy atom. The lowest BCUT2D eigenvalue weighted by Crippen LogP contribution is -2.47. The molecule has 0 bridgehead atoms. The molecule has 0 amide bonds. The fourth-order valence-electron chi connectivity index (χ4n) is 3.23. The molecule has 2 aliphatic rings. The van der Waals surface area contributed by atoms with Gasteiger partial charge >= 0.3 is 0 Å². The van der Waals surface area contributed by atoms with Crippen LogP contribution in [-0.4, -0.2) is 23.0 Å². The van der Waals surface area contributed by atoms with Crippen molar-refractivity contribution in [2.75, 3.05) is 0 Å². The molecule has 0 aromatic carbocycles. The lowest BCUT2D eigenvalue weighted by Gasteiger charge is -2.34. The molecule has 2 saturated carbocycles. The molecular formula is C15H24N2O. The number of nitrogens with zero attached hydrogens (tertiary/aromatic N) is 1. The summed E-state index contributed by atoms with van der Waals surface area (Å²) in [4.78, 5) is 2.62. The Morgan fingerprint density at radius 1 is 1.17 bits per heavy atom. The van der Waals surface area contributed by atoms with E-state index in [0.717, 1.165) is 18.3 Å². The molecule has 2 N–H and O–H groups in total. The number of hydrogen-bond acceptors (Lipinski definition) is 3. The van der Waals surface area contributed by atoms with E-state index in [1.807, 2.05) is 6.07 Å². The molecule has 2 unspecified atom stereocenters. The van der Waals surface area contributed by atoms with E-state index in [1.54, 1.807) is 6.26 Å². The molecule has 18 heavy (non-hydrogen) atoms. The molecule has 3 rings (SSSR count). The van der Waals surface area contributed by atoms with Gasteiger partial charge in [-0.2, -0.15) is 0 Å². The normalized spacial score (nSPS) is 29.4. The van der Waals surface area contributed by atoms with E-state index in [1.165, 1.54) is 44.9 Å². The highest BCUT2D eigenvalue weighted by atomic mass is 16.3. The fraction of sp³-hybridized carbons (Fsp3) is 0.733. The Bertz CT molecular complexity index is 359. The van der Waals surface area contributed by atoms with Gasteiger partial charge in [-0.1, -0.05) is 19.3 Å². The maximum Gasteiger partial charge on any atom is 0.117 e. The van der Waals surface area contributed by atoms with Gasteiger partial charge in [-0.15, -0.1) is 0 Å². The summed E-state index contributed by atoms with van der Waals surface area (Å²) in [5.74, 6) is 1.08. The zero-order valence-electron chi connectivity index (χ0n) is 11.1. The number of hydrogen-bond donors (Lipinski definition) is 1. The van der Waals surface area contributed by atoms with Crippen LogP contribution in [0.2, 0.25) is 0 Å². The summed E-state index contributed by atoms with van der Waals surface area (Å²) in [5.41, 5.74) is 6.40. The molecule has 2 fully saturated rings. The first-order chi connectivity index (χ1) is 8.84. The van der Waals surface area contributed by atoms with Gasteiger partial charge in [0.15, 0.2) is 0 Å². The molecular weight excluding hydrogens is 224 g/mol. The van der Waals surface area contributed by atoms with Gasteiger partial charge in [0.1, 0.15) is 5.76 Å². The molecule has 0 saturated heterocycles. The maximum absolute atomic E-state index is 6.40. The largest absolute Gasteiger partial charge is 0.468 e. The van der Waals surface area contributed by atoms with E-state index in [0.29, 0.717) is 12.1 Å². The van der Waals surface area contributed by atoms with Gasteiger partial charge in [-0.3, -0.25) is 4.90 Å². The predicted molar refractivity (Wildman–Crippen MR) is 72.1 cm³/mol. The Balaban J connectivity index is 1.71. The van der Waals surface area contributed by atoms with E-state index in [9.17, 15) is 0 Å². The average molecular weight is 248 g/mol. The molecule has 100 valence electrons. The van der Waals surface area contributed by atoms with Gasteiger partial charge in [0.2, 0.25) is 0 Å². The van der Waals surface area contributed by atoms with Gasteiger partial charge in [-0.25, -0.2) is 0 Å². The minimum Gasteiger partial charge on any atom is -0.468 e. The lowest BCUT2D eigenvalue weighted by atomic mass is 10.0. The molecule has 0 aliphatic heterocycles. The van der Waals surface area contributed by atoms with Crippen molar-refractivity contribution in [1.82, 2.24) is 4.90 Å². The van der Waals surface area contributed by atoms with Crippen molar-refractivity contribution in [3.05, 3.63) is 24.2 Å². The third-order valence-electron chi connectivity index (χ3n) is 4.39. The second-order valence-electron chi connectivity index (χ2n) is 5.85. The van der Waals surface area contributed by atoms with Gasteiger partial charge < -0.3 is 10.2 Å². The molecule has 2 atom stereocenters. The molecule has 1 heterocycles. The van der Waals surface area contributed by atoms with Crippen LogP contribution < -0.4 is 5.73 Å². The van der Waals surface area contributed by atoms with Crippen molar-refractivity contribution in [3.63, 3.8) is 0 Å². The van der Waals surface area contributed by atoms with Crippen LogP contribution in [0.5, 0.6) is 0 Å². The van der Waals surface area contributed by atoms with Gasteiger partial charge in [0.05, 0.1) is 12.8 Å². The Morgan fingerprint density at radius 3 is 2.72 bits per heavy atom. The van der Waals surface area contributed by atoms with Crippen LogP contribution in [0.4, 0.5) is 0 Å². The summed E-state index contributed by atoms with van der Waals surface area (Å²) >= 11 is 0. The Hall–Kier alpha value is -0.800. The van der Waals surface area contributed by atoms with Crippen molar-refractivity contribution in [2.45, 2.75) is 69.6 Å². The first-order valence-electron chi connectivity index (χ1n) is 7.38. The Labute approximate surface area is 109 Å². The zero-order valence-corrected chi connectivity index (χ0v) is 11.1. The molecule has 3 nitrogen and oxygen atoms in total. The fourth-order valence-corrected chi connectivity index (χ4v) is 3.23. The highest BCUT2D eigenvalue weighted by Gasteiger charge is 2.37. The monoisotopic (exact) mass is 248 g/mol. The SMILES string of the molecule is NC1CCCCCC1N(Cc1ccco1)C1CC1. The molecule has 1 aromatic rings. The molecule has 1 aromatic heterocycles. The number of furan rings is 1. The van der Waals surface area contributed by atoms with Crippen LogP contribution in [0.1, 0.15) is 50.7 Å². The smallest absolute Gasteiger partial charge is 0.117 e. The van der Waals surface area contributed by atoms with E-state index in [2.05, 4.69) is 11.0 Å². The molecule has 0 spiro atoms. The molecule has 2 aliphatic carbocycles. The number of rotatable bonds is 4. The predicted octanol–water partition coefficient (Wildman–Crippen LogP) is 2.90. The first-order valence-corrected chi connectivity index (χ1v) is 7.38. The molecule has 3 heteroatoms. The van der Waals surface area contributed by atoms with E-state index in [4.69, 9.17) is 10.2 Å². The maximum atomic E-state index is 6.40. The summed E-state index contributed by atoms with van der Waals surface area (Å²) in [5, 5.41) is 0. The van der Waals surface area contributed by atoms with Crippen LogP contribution in [-0.2, 0) is 6.54 Å². The standard InChI is InChI=1S/C15H24N2O/c16-14-6-2-1-3-7-15(14)17(12-8-9-12)11-13-5-4-10-18-13/h4-5,10,12,14-15H,1-3,6-9,11,16H2. The minimum absolute atomic E-state index is 0.350. The quantitative estimate of drug-likeness (QED) is 0.833. The van der Waals surface area contributed by atoms with Crippen molar-refractivity contribution in [2.24, 2.45) is 5.73 Å². The third-order valence-corrected chi connectivity index (χ3v) is 4.39. The first kappa shape index (κ1) is 12.2. The van der Waals surface area contributed by atoms with Gasteiger partial charge in [0.25, 0.3) is 0 Å². The topological polar surface area (TPSA) is 42.4 Å². The molecule has 0 radical (unpaired) electrons. The third kappa shape index (κ3) is 2.78. The number of nitrogens with two attached hydrogens (primary N) is 1. The second kappa shape index (κ2) is 5.45. The van der Waals surface area contributed by atoms with Crippen LogP contribution in [0.25, 0.3) is 0 Å². The Kier molecular flexibility index (Phi) is 3.71. The highest BCUT2D eigenvalue weighted by Crippen LogP contribution is 2.34. The van der Waals surface area contributed by atoms with Crippen molar-refractivity contribution in [1.29, 1.82) is 0 Å². The van der Waals surface area contributed by atoms with Crippen molar-refractivity contribution >= 4 is 0 Å². The summed E-state index contributed by atoms with van der Waals surface area (Å²) in [6, 6.07) is 5.72. The van der Waals surface area contributed by atoms with Crippen molar-refractivity contribution in [3.8, 4) is 0 Å². The summed E-state index contributed by atoms with van der Waals surface area (Å²) in [6.07, 6.45) is 10.9. The zero-order chi connectivity index (χ0) is 12.4. The van der Waals surface area contributed by atoms with Gasteiger partial charge in [0, 0.05) is 18.1 Å². The minimum atomic E-state index is 0.350. The summed E-state index contributed by atoms with van der Waals surface area (Å²) < 4.78 is 5.52. The van der Waals surface area contributed by atoms with Crippen LogP contribution >= 0.6 is 0 Å². The van der Waals surface area contributed by atoms with Crippen LogP contribution in [0.3, 0.4) is 0 Å². The van der Waals surface area contributed by atoms with E-state index in [-0.39, 0.29) is 0 Å². The van der Waals surface area contributed by atoms with Crippen LogP contribution in [0.15, 0.2) is 22.8 Å². The second-order valence-corrected chi connectivity index (χ2v) is 5.85. The highest BCUT2D eigenvalue weighted by molar-refractivity contribution is 5.02.